The van der Waals surface area contributed by atoms with E-state index < -0.39 is 12.6 Å². The van der Waals surface area contributed by atoms with Crippen LogP contribution < -0.4 is 5.32 Å². The molecule has 0 aromatic carbocycles. The van der Waals surface area contributed by atoms with Gasteiger partial charge in [0, 0.05) is 6.54 Å². The molecule has 1 saturated carbocycles. The maximum Gasteiger partial charge on any atom is 0.390 e. The van der Waals surface area contributed by atoms with Crippen LogP contribution in [0, 0.1) is 5.92 Å². The molecule has 1 fully saturated rings. The zero-order chi connectivity index (χ0) is 11.1. The molecule has 1 rings (SSSR count). The van der Waals surface area contributed by atoms with Gasteiger partial charge in [-0.25, -0.2) is 0 Å². The van der Waals surface area contributed by atoms with Gasteiger partial charge in [-0.2, -0.15) is 13.2 Å². The third-order valence-electron chi connectivity index (χ3n) is 3.03. The first kappa shape index (κ1) is 12.8. The Hall–Kier alpha value is -0.250. The monoisotopic (exact) mass is 223 g/mol. The molecular formula is C11H20F3N. The molecule has 0 heterocycles. The van der Waals surface area contributed by atoms with Gasteiger partial charge >= 0.3 is 6.18 Å². The molecule has 0 atom stereocenters. The van der Waals surface area contributed by atoms with E-state index in [2.05, 4.69) is 5.32 Å². The first-order valence-electron chi connectivity index (χ1n) is 5.85. The number of hydrogen-bond acceptors (Lipinski definition) is 1. The van der Waals surface area contributed by atoms with Crippen LogP contribution in [0.5, 0.6) is 0 Å². The lowest BCUT2D eigenvalue weighted by atomic mass is 10.0. The normalized spacial score (nSPS) is 18.6. The standard InChI is InChI=1S/C11H20F3N/c12-11(13,14)7-9-15-8-3-6-10-4-1-2-5-10/h10,15H,1-9H2. The lowest BCUT2D eigenvalue weighted by Gasteiger charge is -2.10. The van der Waals surface area contributed by atoms with Crippen molar-refractivity contribution in [1.82, 2.24) is 5.32 Å². The van der Waals surface area contributed by atoms with Crippen molar-refractivity contribution in [2.75, 3.05) is 13.1 Å². The molecule has 1 nitrogen and oxygen atoms in total. The van der Waals surface area contributed by atoms with Crippen LogP contribution in [0.1, 0.15) is 44.9 Å². The number of halogens is 3. The molecule has 0 spiro atoms. The Morgan fingerprint density at radius 3 is 2.33 bits per heavy atom. The summed E-state index contributed by atoms with van der Waals surface area (Å²) in [5.74, 6) is 0.842. The SMILES string of the molecule is FC(F)(F)CCNCCCC1CCCC1. The Bertz CT molecular complexity index is 162. The van der Waals surface area contributed by atoms with Crippen LogP contribution in [0.2, 0.25) is 0 Å². The van der Waals surface area contributed by atoms with E-state index >= 15 is 0 Å². The Kier molecular flexibility index (Phi) is 5.43. The van der Waals surface area contributed by atoms with Crippen LogP contribution in [0.25, 0.3) is 0 Å². The molecule has 0 unspecified atom stereocenters. The molecule has 1 aliphatic carbocycles. The van der Waals surface area contributed by atoms with Crippen molar-refractivity contribution in [3.63, 3.8) is 0 Å². The molecule has 0 bridgehead atoms. The predicted octanol–water partition coefficient (Wildman–Crippen LogP) is 3.50. The smallest absolute Gasteiger partial charge is 0.316 e. The van der Waals surface area contributed by atoms with Crippen molar-refractivity contribution < 1.29 is 13.2 Å². The lowest BCUT2D eigenvalue weighted by molar-refractivity contribution is -0.133. The highest BCUT2D eigenvalue weighted by Gasteiger charge is 2.25. The maximum atomic E-state index is 11.8. The number of hydrogen-bond donors (Lipinski definition) is 1. The van der Waals surface area contributed by atoms with E-state index in [0.717, 1.165) is 18.9 Å². The van der Waals surface area contributed by atoms with Crippen molar-refractivity contribution in [2.24, 2.45) is 5.92 Å². The fraction of sp³-hybridized carbons (Fsp3) is 1.00. The number of rotatable bonds is 6. The van der Waals surface area contributed by atoms with Gasteiger partial charge in [0.15, 0.2) is 0 Å². The zero-order valence-electron chi connectivity index (χ0n) is 9.08. The van der Waals surface area contributed by atoms with Gasteiger partial charge in [-0.15, -0.1) is 0 Å². The van der Waals surface area contributed by atoms with E-state index in [-0.39, 0.29) is 6.54 Å². The summed E-state index contributed by atoms with van der Waals surface area (Å²) in [6.45, 7) is 0.792. The van der Waals surface area contributed by atoms with Crippen LogP contribution in [0.3, 0.4) is 0 Å². The minimum Gasteiger partial charge on any atom is -0.316 e. The summed E-state index contributed by atoms with van der Waals surface area (Å²) in [4.78, 5) is 0. The van der Waals surface area contributed by atoms with Crippen LogP contribution in [0.15, 0.2) is 0 Å². The Balaban J connectivity index is 1.84. The summed E-state index contributed by atoms with van der Waals surface area (Å²) in [7, 11) is 0. The second-order valence-corrected chi connectivity index (χ2v) is 4.41. The molecule has 90 valence electrons. The minimum absolute atomic E-state index is 0.0637. The van der Waals surface area contributed by atoms with Gasteiger partial charge < -0.3 is 5.32 Å². The predicted molar refractivity (Wildman–Crippen MR) is 54.7 cm³/mol. The first-order chi connectivity index (χ1) is 7.08. The van der Waals surface area contributed by atoms with Gasteiger partial charge in [0.05, 0.1) is 6.42 Å². The van der Waals surface area contributed by atoms with Gasteiger partial charge in [0.1, 0.15) is 0 Å². The average Bonchev–Trinajstić information content (AvgIpc) is 2.61. The van der Waals surface area contributed by atoms with Crippen LogP contribution in [-0.4, -0.2) is 19.3 Å². The quantitative estimate of drug-likeness (QED) is 0.679. The summed E-state index contributed by atoms with van der Waals surface area (Å²) in [5, 5.41) is 2.85. The fourth-order valence-corrected chi connectivity index (χ4v) is 2.17. The summed E-state index contributed by atoms with van der Waals surface area (Å²) in [6.07, 6.45) is 2.79. The van der Waals surface area contributed by atoms with Gasteiger partial charge in [0.2, 0.25) is 0 Å². The highest BCUT2D eigenvalue weighted by atomic mass is 19.4. The molecule has 4 heteroatoms. The fourth-order valence-electron chi connectivity index (χ4n) is 2.17. The van der Waals surface area contributed by atoms with Gasteiger partial charge in [-0.05, 0) is 25.3 Å². The van der Waals surface area contributed by atoms with Crippen molar-refractivity contribution in [1.29, 1.82) is 0 Å². The van der Waals surface area contributed by atoms with E-state index in [0.29, 0.717) is 0 Å². The molecule has 0 saturated heterocycles. The van der Waals surface area contributed by atoms with Crippen molar-refractivity contribution >= 4 is 0 Å². The maximum absolute atomic E-state index is 11.8. The molecule has 1 aliphatic rings. The Morgan fingerprint density at radius 1 is 1.07 bits per heavy atom. The third kappa shape index (κ3) is 6.77. The summed E-state index contributed by atoms with van der Waals surface area (Å²) in [5.41, 5.74) is 0. The highest BCUT2D eigenvalue weighted by molar-refractivity contribution is 4.67. The largest absolute Gasteiger partial charge is 0.390 e. The summed E-state index contributed by atoms with van der Waals surface area (Å²) in [6, 6.07) is 0. The van der Waals surface area contributed by atoms with E-state index in [1.54, 1.807) is 0 Å². The minimum atomic E-state index is -4.02. The Labute approximate surface area is 89.4 Å². The summed E-state index contributed by atoms with van der Waals surface area (Å²) < 4.78 is 35.3. The van der Waals surface area contributed by atoms with E-state index in [1.165, 1.54) is 32.1 Å². The van der Waals surface area contributed by atoms with Crippen molar-refractivity contribution in [3.05, 3.63) is 0 Å². The molecule has 0 aromatic heterocycles. The number of nitrogens with one attached hydrogen (secondary N) is 1. The molecular weight excluding hydrogens is 203 g/mol. The average molecular weight is 223 g/mol. The molecule has 0 aliphatic heterocycles. The lowest BCUT2D eigenvalue weighted by Crippen LogP contribution is -2.22. The summed E-state index contributed by atoms with van der Waals surface area (Å²) >= 11 is 0. The van der Waals surface area contributed by atoms with Gasteiger partial charge in [-0.1, -0.05) is 25.7 Å². The van der Waals surface area contributed by atoms with Crippen molar-refractivity contribution in [2.45, 2.75) is 51.1 Å². The molecule has 0 radical (unpaired) electrons. The topological polar surface area (TPSA) is 12.0 Å². The molecule has 15 heavy (non-hydrogen) atoms. The van der Waals surface area contributed by atoms with E-state index in [9.17, 15) is 13.2 Å². The third-order valence-corrected chi connectivity index (χ3v) is 3.03. The van der Waals surface area contributed by atoms with Crippen LogP contribution >= 0.6 is 0 Å². The number of alkyl halides is 3. The Morgan fingerprint density at radius 2 is 1.73 bits per heavy atom. The van der Waals surface area contributed by atoms with Gasteiger partial charge in [-0.3, -0.25) is 0 Å². The molecule has 1 N–H and O–H groups in total. The van der Waals surface area contributed by atoms with Crippen LogP contribution in [0.4, 0.5) is 13.2 Å². The van der Waals surface area contributed by atoms with E-state index in [4.69, 9.17) is 0 Å². The van der Waals surface area contributed by atoms with Crippen molar-refractivity contribution in [3.8, 4) is 0 Å². The highest BCUT2D eigenvalue weighted by Crippen LogP contribution is 2.28. The molecule has 0 aromatic rings. The van der Waals surface area contributed by atoms with E-state index in [1.807, 2.05) is 0 Å². The first-order valence-corrected chi connectivity index (χ1v) is 5.85. The second-order valence-electron chi connectivity index (χ2n) is 4.41. The van der Waals surface area contributed by atoms with Gasteiger partial charge in [0.25, 0.3) is 0 Å². The second kappa shape index (κ2) is 6.36. The van der Waals surface area contributed by atoms with Crippen LogP contribution in [-0.2, 0) is 0 Å². The zero-order valence-corrected chi connectivity index (χ0v) is 9.08. The molecule has 0 amide bonds.